The van der Waals surface area contributed by atoms with Crippen LogP contribution >= 0.6 is 0 Å². The van der Waals surface area contributed by atoms with Gasteiger partial charge < -0.3 is 15.0 Å². The standard InChI is InChI=1S/C12H17N5O/c1-17-4-3-13-6-9(17)8-5-14-12-11(8)16-10(18-2)7-15-12/h5,7,9,13H,3-4,6H2,1-2H3,(H,14,15). The van der Waals surface area contributed by atoms with Crippen molar-refractivity contribution in [1.29, 1.82) is 0 Å². The fraction of sp³-hybridized carbons (Fsp3) is 0.500. The summed E-state index contributed by atoms with van der Waals surface area (Å²) >= 11 is 0. The van der Waals surface area contributed by atoms with E-state index in [1.807, 2.05) is 6.20 Å². The van der Waals surface area contributed by atoms with Crippen LogP contribution in [0.15, 0.2) is 12.4 Å². The molecule has 3 rings (SSSR count). The van der Waals surface area contributed by atoms with Gasteiger partial charge in [-0.1, -0.05) is 0 Å². The summed E-state index contributed by atoms with van der Waals surface area (Å²) in [5.41, 5.74) is 2.88. The van der Waals surface area contributed by atoms with Crippen LogP contribution in [0.25, 0.3) is 11.2 Å². The largest absolute Gasteiger partial charge is 0.480 e. The molecular weight excluding hydrogens is 230 g/mol. The number of piperazine rings is 1. The molecule has 2 aromatic rings. The predicted octanol–water partition coefficient (Wildman–Crippen LogP) is 0.543. The van der Waals surface area contributed by atoms with E-state index in [2.05, 4.69) is 32.2 Å². The van der Waals surface area contributed by atoms with Crippen LogP contribution in [0.2, 0.25) is 0 Å². The SMILES string of the molecule is COc1cnc2[nH]cc(C3CNCCN3C)c2n1. The number of rotatable bonds is 2. The zero-order valence-corrected chi connectivity index (χ0v) is 10.6. The normalized spacial score (nSPS) is 21.3. The second-order valence-corrected chi connectivity index (χ2v) is 4.55. The number of fused-ring (bicyclic) bond motifs is 1. The van der Waals surface area contributed by atoms with E-state index in [4.69, 9.17) is 4.74 Å². The summed E-state index contributed by atoms with van der Waals surface area (Å²) < 4.78 is 5.14. The van der Waals surface area contributed by atoms with Crippen LogP contribution in [0.5, 0.6) is 5.88 Å². The third-order valence-electron chi connectivity index (χ3n) is 3.47. The van der Waals surface area contributed by atoms with Crippen LogP contribution in [0, 0.1) is 0 Å². The van der Waals surface area contributed by atoms with E-state index in [0.717, 1.165) is 30.8 Å². The molecule has 2 N–H and O–H groups in total. The van der Waals surface area contributed by atoms with Gasteiger partial charge in [-0.25, -0.2) is 9.97 Å². The zero-order chi connectivity index (χ0) is 12.5. The Morgan fingerprint density at radius 1 is 1.50 bits per heavy atom. The molecule has 18 heavy (non-hydrogen) atoms. The highest BCUT2D eigenvalue weighted by Gasteiger charge is 2.24. The Kier molecular flexibility index (Phi) is 2.89. The zero-order valence-electron chi connectivity index (χ0n) is 10.6. The molecule has 0 aromatic carbocycles. The van der Waals surface area contributed by atoms with Gasteiger partial charge in [0.25, 0.3) is 0 Å². The summed E-state index contributed by atoms with van der Waals surface area (Å²) in [7, 11) is 3.74. The van der Waals surface area contributed by atoms with Crippen molar-refractivity contribution in [3.8, 4) is 5.88 Å². The van der Waals surface area contributed by atoms with Crippen LogP contribution in [-0.4, -0.2) is 53.6 Å². The highest BCUT2D eigenvalue weighted by Crippen LogP contribution is 2.27. The van der Waals surface area contributed by atoms with Gasteiger partial charge >= 0.3 is 0 Å². The molecule has 1 aliphatic rings. The van der Waals surface area contributed by atoms with Crippen molar-refractivity contribution in [2.45, 2.75) is 6.04 Å². The van der Waals surface area contributed by atoms with E-state index in [1.165, 1.54) is 5.56 Å². The minimum atomic E-state index is 0.328. The van der Waals surface area contributed by atoms with Gasteiger partial charge in [0.15, 0.2) is 5.65 Å². The van der Waals surface area contributed by atoms with E-state index in [1.54, 1.807) is 13.3 Å². The van der Waals surface area contributed by atoms with Crippen molar-refractivity contribution in [3.63, 3.8) is 0 Å². The number of aromatic nitrogens is 3. The molecular formula is C12H17N5O. The van der Waals surface area contributed by atoms with Gasteiger partial charge in [-0.05, 0) is 7.05 Å². The maximum Gasteiger partial charge on any atom is 0.232 e. The highest BCUT2D eigenvalue weighted by atomic mass is 16.5. The number of methoxy groups -OCH3 is 1. The van der Waals surface area contributed by atoms with Crippen molar-refractivity contribution in [2.75, 3.05) is 33.8 Å². The van der Waals surface area contributed by atoms with Gasteiger partial charge in [-0.3, -0.25) is 4.90 Å². The molecule has 1 saturated heterocycles. The minimum Gasteiger partial charge on any atom is -0.480 e. The molecule has 6 heteroatoms. The Bertz CT molecular complexity index is 552. The number of H-pyrrole nitrogens is 1. The molecule has 0 spiro atoms. The van der Waals surface area contributed by atoms with E-state index < -0.39 is 0 Å². The van der Waals surface area contributed by atoms with E-state index in [0.29, 0.717) is 11.9 Å². The van der Waals surface area contributed by atoms with Gasteiger partial charge in [-0.15, -0.1) is 0 Å². The number of nitrogens with zero attached hydrogens (tertiary/aromatic N) is 3. The lowest BCUT2D eigenvalue weighted by atomic mass is 10.1. The Morgan fingerprint density at radius 3 is 3.17 bits per heavy atom. The van der Waals surface area contributed by atoms with Gasteiger partial charge in [-0.2, -0.15) is 0 Å². The number of aromatic amines is 1. The molecule has 2 aromatic heterocycles. The second-order valence-electron chi connectivity index (χ2n) is 4.55. The van der Waals surface area contributed by atoms with Gasteiger partial charge in [0.1, 0.15) is 5.52 Å². The fourth-order valence-corrected chi connectivity index (χ4v) is 2.40. The summed E-state index contributed by atoms with van der Waals surface area (Å²) in [4.78, 5) is 14.3. The summed E-state index contributed by atoms with van der Waals surface area (Å²) in [6, 6.07) is 0.328. The summed E-state index contributed by atoms with van der Waals surface area (Å²) in [6.45, 7) is 3.00. The van der Waals surface area contributed by atoms with E-state index in [-0.39, 0.29) is 0 Å². The Balaban J connectivity index is 2.05. The molecule has 0 aliphatic carbocycles. The smallest absolute Gasteiger partial charge is 0.232 e. The highest BCUT2D eigenvalue weighted by molar-refractivity contribution is 5.76. The van der Waals surface area contributed by atoms with Crippen LogP contribution in [0.4, 0.5) is 0 Å². The van der Waals surface area contributed by atoms with Gasteiger partial charge in [0, 0.05) is 31.4 Å². The number of hydrogen-bond donors (Lipinski definition) is 2. The first-order valence-corrected chi connectivity index (χ1v) is 6.08. The first-order valence-electron chi connectivity index (χ1n) is 6.08. The van der Waals surface area contributed by atoms with Crippen LogP contribution < -0.4 is 10.1 Å². The summed E-state index contributed by atoms with van der Waals surface area (Å²) in [5, 5.41) is 3.41. The summed E-state index contributed by atoms with van der Waals surface area (Å²) in [5.74, 6) is 0.551. The lowest BCUT2D eigenvalue weighted by Crippen LogP contribution is -2.43. The molecule has 1 atom stereocenters. The number of hydrogen-bond acceptors (Lipinski definition) is 5. The first kappa shape index (κ1) is 11.4. The quantitative estimate of drug-likeness (QED) is 0.811. The molecule has 6 nitrogen and oxygen atoms in total. The Labute approximate surface area is 105 Å². The van der Waals surface area contributed by atoms with Crippen LogP contribution in [0.1, 0.15) is 11.6 Å². The molecule has 0 radical (unpaired) electrons. The number of ether oxygens (including phenoxy) is 1. The minimum absolute atomic E-state index is 0.328. The van der Waals surface area contributed by atoms with Crippen LogP contribution in [-0.2, 0) is 0 Å². The third-order valence-corrected chi connectivity index (χ3v) is 3.47. The lowest BCUT2D eigenvalue weighted by molar-refractivity contribution is 0.203. The van der Waals surface area contributed by atoms with Crippen molar-refractivity contribution in [1.82, 2.24) is 25.2 Å². The molecule has 0 saturated carbocycles. The molecule has 0 amide bonds. The van der Waals surface area contributed by atoms with Crippen molar-refractivity contribution in [3.05, 3.63) is 18.0 Å². The molecule has 1 aliphatic heterocycles. The fourth-order valence-electron chi connectivity index (χ4n) is 2.40. The van der Waals surface area contributed by atoms with E-state index in [9.17, 15) is 0 Å². The first-order chi connectivity index (χ1) is 8.79. The van der Waals surface area contributed by atoms with Crippen molar-refractivity contribution in [2.24, 2.45) is 0 Å². The summed E-state index contributed by atoms with van der Waals surface area (Å²) in [6.07, 6.45) is 3.63. The van der Waals surface area contributed by atoms with Gasteiger partial charge in [0.2, 0.25) is 5.88 Å². The maximum atomic E-state index is 5.14. The molecule has 1 unspecified atom stereocenters. The number of nitrogens with one attached hydrogen (secondary N) is 2. The molecule has 1 fully saturated rings. The van der Waals surface area contributed by atoms with Crippen molar-refractivity contribution >= 4 is 11.2 Å². The van der Waals surface area contributed by atoms with E-state index >= 15 is 0 Å². The third kappa shape index (κ3) is 1.83. The second kappa shape index (κ2) is 4.55. The monoisotopic (exact) mass is 247 g/mol. The Morgan fingerprint density at radius 2 is 2.39 bits per heavy atom. The number of likely N-dealkylation sites (N-methyl/N-ethyl adjacent to an activating group) is 1. The average Bonchev–Trinajstić information content (AvgIpc) is 2.82. The maximum absolute atomic E-state index is 5.14. The van der Waals surface area contributed by atoms with Crippen LogP contribution in [0.3, 0.4) is 0 Å². The Hall–Kier alpha value is -1.66. The lowest BCUT2D eigenvalue weighted by Gasteiger charge is -2.32. The predicted molar refractivity (Wildman–Crippen MR) is 68.7 cm³/mol. The molecule has 3 heterocycles. The molecule has 0 bridgehead atoms. The van der Waals surface area contributed by atoms with Gasteiger partial charge in [0.05, 0.1) is 19.3 Å². The van der Waals surface area contributed by atoms with Crippen molar-refractivity contribution < 1.29 is 4.74 Å². The average molecular weight is 247 g/mol. The molecule has 96 valence electrons. The topological polar surface area (TPSA) is 66.1 Å².